The van der Waals surface area contributed by atoms with Gasteiger partial charge in [-0.15, -0.1) is 5.10 Å². The molecule has 2 fully saturated rings. The highest BCUT2D eigenvalue weighted by molar-refractivity contribution is 5.87. The van der Waals surface area contributed by atoms with Gasteiger partial charge in [-0.1, -0.05) is 29.5 Å². The number of methoxy groups -OCH3 is 1. The van der Waals surface area contributed by atoms with Crippen LogP contribution in [-0.4, -0.2) is 62.7 Å². The van der Waals surface area contributed by atoms with Gasteiger partial charge in [-0.05, 0) is 75.8 Å². The van der Waals surface area contributed by atoms with E-state index in [1.165, 1.54) is 0 Å². The van der Waals surface area contributed by atoms with Gasteiger partial charge in [0, 0.05) is 18.0 Å². The summed E-state index contributed by atoms with van der Waals surface area (Å²) in [6.07, 6.45) is 4.26. The van der Waals surface area contributed by atoms with Gasteiger partial charge in [-0.3, -0.25) is 9.69 Å². The number of hydrogen-bond acceptors (Lipinski definition) is 7. The quantitative estimate of drug-likeness (QED) is 0.473. The first-order valence-electron chi connectivity index (χ1n) is 13.5. The lowest BCUT2D eigenvalue weighted by Crippen LogP contribution is -2.55. The van der Waals surface area contributed by atoms with Crippen LogP contribution in [0.1, 0.15) is 45.6 Å². The first kappa shape index (κ1) is 27.2. The molecule has 1 aromatic heterocycles. The Hall–Kier alpha value is -4.39. The number of carbonyl (C=O) groups excluding carboxylic acids is 2. The summed E-state index contributed by atoms with van der Waals surface area (Å²) in [4.78, 5) is 27.8. The summed E-state index contributed by atoms with van der Waals surface area (Å²) in [5.41, 5.74) is 2.68. The number of nitriles is 1. The van der Waals surface area contributed by atoms with Gasteiger partial charge < -0.3 is 14.8 Å². The number of hydrogen-bond donors (Lipinski definition) is 1. The Morgan fingerprint density at radius 1 is 1.18 bits per heavy atom. The van der Waals surface area contributed by atoms with Crippen molar-refractivity contribution in [3.05, 3.63) is 60.3 Å². The second-order valence-electron chi connectivity index (χ2n) is 11.4. The fraction of sp³-hybridized carbons (Fsp3) is 0.433. The minimum absolute atomic E-state index is 0.00454. The zero-order chi connectivity index (χ0) is 28.4. The summed E-state index contributed by atoms with van der Waals surface area (Å²) in [6, 6.07) is 16.1. The molecule has 2 amide bonds. The van der Waals surface area contributed by atoms with Gasteiger partial charge in [-0.25, -0.2) is 9.48 Å². The average Bonchev–Trinajstić information content (AvgIpc) is 3.69. The molecule has 10 heteroatoms. The zero-order valence-corrected chi connectivity index (χ0v) is 23.2. The standard InChI is InChI=1S/C30H34N6O4/c1-30(2,3)40-29(38)36-24-13-10-21(15-24)27(36)28(37)32-22(17-31)14-19-8-11-23(12-9-19)35-18-26(33-34-35)20-6-5-7-25(16-20)39-4/h5-9,11-12,16,18,21-22,24,27H,10,13-15H2,1-4H3,(H,32,37)/t21-,22?,24+,27-/m0/s1. The number of amides is 2. The third-order valence-electron chi connectivity index (χ3n) is 7.43. The molecule has 4 atom stereocenters. The average molecular weight is 543 g/mol. The Balaban J connectivity index is 1.23. The van der Waals surface area contributed by atoms with Crippen LogP contribution < -0.4 is 10.1 Å². The van der Waals surface area contributed by atoms with E-state index < -0.39 is 23.8 Å². The Labute approximate surface area is 233 Å². The third kappa shape index (κ3) is 5.78. The number of ether oxygens (including phenoxy) is 2. The van der Waals surface area contributed by atoms with E-state index in [9.17, 15) is 14.9 Å². The molecule has 1 unspecified atom stereocenters. The van der Waals surface area contributed by atoms with Crippen molar-refractivity contribution in [2.24, 2.45) is 5.92 Å². The second-order valence-corrected chi connectivity index (χ2v) is 11.4. The number of nitrogens with zero attached hydrogens (tertiary/aromatic N) is 5. The van der Waals surface area contributed by atoms with Crippen molar-refractivity contribution < 1.29 is 19.1 Å². The molecule has 208 valence electrons. The second kappa shape index (κ2) is 11.0. The minimum Gasteiger partial charge on any atom is -0.497 e. The van der Waals surface area contributed by atoms with Gasteiger partial charge in [0.2, 0.25) is 5.91 Å². The van der Waals surface area contributed by atoms with Crippen LogP contribution in [0.3, 0.4) is 0 Å². The van der Waals surface area contributed by atoms with Gasteiger partial charge in [-0.2, -0.15) is 5.26 Å². The number of aromatic nitrogens is 3. The van der Waals surface area contributed by atoms with Gasteiger partial charge in [0.1, 0.15) is 29.1 Å². The minimum atomic E-state index is -0.732. The molecule has 5 rings (SSSR count). The maximum atomic E-state index is 13.3. The van der Waals surface area contributed by atoms with E-state index in [1.807, 2.05) is 75.5 Å². The smallest absolute Gasteiger partial charge is 0.411 e. The van der Waals surface area contributed by atoms with E-state index in [2.05, 4.69) is 21.7 Å². The number of piperidine rings is 1. The Morgan fingerprint density at radius 3 is 2.65 bits per heavy atom. The van der Waals surface area contributed by atoms with Crippen LogP contribution in [-0.2, 0) is 16.0 Å². The molecule has 0 radical (unpaired) electrons. The molecule has 1 aliphatic carbocycles. The predicted molar refractivity (Wildman–Crippen MR) is 148 cm³/mol. The Bertz CT molecular complexity index is 1420. The topological polar surface area (TPSA) is 122 Å². The number of fused-ring (bicyclic) bond motifs is 2. The van der Waals surface area contributed by atoms with Crippen LogP contribution in [0.4, 0.5) is 4.79 Å². The van der Waals surface area contributed by atoms with Gasteiger partial charge in [0.15, 0.2) is 0 Å². The monoisotopic (exact) mass is 542 g/mol. The van der Waals surface area contributed by atoms with E-state index in [4.69, 9.17) is 9.47 Å². The van der Waals surface area contributed by atoms with E-state index in [0.29, 0.717) is 6.42 Å². The predicted octanol–water partition coefficient (Wildman–Crippen LogP) is 4.28. The van der Waals surface area contributed by atoms with Crippen LogP contribution in [0.2, 0.25) is 0 Å². The summed E-state index contributed by atoms with van der Waals surface area (Å²) in [5, 5.41) is 21.2. The normalized spacial score (nSPS) is 20.6. The zero-order valence-electron chi connectivity index (χ0n) is 23.2. The molecule has 1 saturated carbocycles. The van der Waals surface area contributed by atoms with Crippen molar-refractivity contribution in [2.45, 2.75) is 70.2 Å². The van der Waals surface area contributed by atoms with Gasteiger partial charge in [0.25, 0.3) is 0 Å². The molecule has 2 aromatic carbocycles. The van der Waals surface area contributed by atoms with Crippen molar-refractivity contribution in [2.75, 3.05) is 7.11 Å². The van der Waals surface area contributed by atoms with E-state index in [1.54, 1.807) is 16.7 Å². The summed E-state index contributed by atoms with van der Waals surface area (Å²) >= 11 is 0. The van der Waals surface area contributed by atoms with Crippen molar-refractivity contribution in [1.29, 1.82) is 5.26 Å². The highest BCUT2D eigenvalue weighted by Gasteiger charge is 2.52. The lowest BCUT2D eigenvalue weighted by Gasteiger charge is -2.35. The molecule has 3 aromatic rings. The molecular weight excluding hydrogens is 508 g/mol. The number of rotatable bonds is 7. The van der Waals surface area contributed by atoms with E-state index >= 15 is 0 Å². The van der Waals surface area contributed by atoms with Crippen molar-refractivity contribution in [1.82, 2.24) is 25.2 Å². The van der Waals surface area contributed by atoms with Crippen LogP contribution in [0.25, 0.3) is 16.9 Å². The first-order chi connectivity index (χ1) is 19.1. The van der Waals surface area contributed by atoms with Crippen LogP contribution in [0, 0.1) is 17.2 Å². The van der Waals surface area contributed by atoms with E-state index in [-0.39, 0.29) is 17.9 Å². The van der Waals surface area contributed by atoms with Gasteiger partial charge >= 0.3 is 6.09 Å². The number of nitrogens with one attached hydrogen (secondary N) is 1. The van der Waals surface area contributed by atoms with Crippen LogP contribution in [0.15, 0.2) is 54.7 Å². The lowest BCUT2D eigenvalue weighted by molar-refractivity contribution is -0.128. The fourth-order valence-corrected chi connectivity index (χ4v) is 5.61. The molecule has 2 aliphatic rings. The number of carbonyl (C=O) groups is 2. The third-order valence-corrected chi connectivity index (χ3v) is 7.43. The summed E-state index contributed by atoms with van der Waals surface area (Å²) in [6.45, 7) is 5.44. The molecule has 1 saturated heterocycles. The SMILES string of the molecule is COc1cccc(-c2cn(-c3ccc(CC(C#N)NC(=O)[C@@H]4[C@H]5CC[C@H](C5)N4C(=O)OC(C)(C)C)cc3)nn2)c1. The maximum absolute atomic E-state index is 13.3. The van der Waals surface area contributed by atoms with Crippen molar-refractivity contribution in [3.8, 4) is 28.8 Å². The van der Waals surface area contributed by atoms with Crippen molar-refractivity contribution >= 4 is 12.0 Å². The van der Waals surface area contributed by atoms with E-state index in [0.717, 1.165) is 47.5 Å². The molecule has 1 aliphatic heterocycles. The lowest BCUT2D eigenvalue weighted by atomic mass is 9.97. The first-order valence-corrected chi connectivity index (χ1v) is 13.5. The summed E-state index contributed by atoms with van der Waals surface area (Å²) in [5.74, 6) is 0.531. The van der Waals surface area contributed by atoms with Crippen LogP contribution >= 0.6 is 0 Å². The highest BCUT2D eigenvalue weighted by atomic mass is 16.6. The largest absolute Gasteiger partial charge is 0.497 e. The molecule has 10 nitrogen and oxygen atoms in total. The van der Waals surface area contributed by atoms with Gasteiger partial charge in [0.05, 0.1) is 25.1 Å². The Kier molecular flexibility index (Phi) is 7.48. The molecule has 2 bridgehead atoms. The number of likely N-dealkylation sites (tertiary alicyclic amines) is 1. The van der Waals surface area contributed by atoms with Crippen molar-refractivity contribution in [3.63, 3.8) is 0 Å². The molecule has 2 heterocycles. The fourth-order valence-electron chi connectivity index (χ4n) is 5.61. The molecule has 40 heavy (non-hydrogen) atoms. The molecule has 0 spiro atoms. The number of benzene rings is 2. The summed E-state index contributed by atoms with van der Waals surface area (Å²) in [7, 11) is 1.62. The highest BCUT2D eigenvalue weighted by Crippen LogP contribution is 2.43. The summed E-state index contributed by atoms with van der Waals surface area (Å²) < 4.78 is 12.6. The maximum Gasteiger partial charge on any atom is 0.411 e. The molecular formula is C30H34N6O4. The molecule has 1 N–H and O–H groups in total. The van der Waals surface area contributed by atoms with Crippen LogP contribution in [0.5, 0.6) is 5.75 Å². The Morgan fingerprint density at radius 2 is 1.95 bits per heavy atom.